The standard InChI is InChI=1S/C15H21N5O2/c1-21-14-5-3-2-4-13(14)19-9-6-18(7-10-19)8-11-20-12-15(16)22-17-20/h2-5,12,16H,6-11H2,1H3. The maximum atomic E-state index is 7.32. The summed E-state index contributed by atoms with van der Waals surface area (Å²) in [6, 6.07) is 8.15. The smallest absolute Gasteiger partial charge is 0.264 e. The van der Waals surface area contributed by atoms with Crippen LogP contribution in [0.2, 0.25) is 0 Å². The van der Waals surface area contributed by atoms with E-state index >= 15 is 0 Å². The van der Waals surface area contributed by atoms with Crippen molar-refractivity contribution in [2.75, 3.05) is 44.7 Å². The van der Waals surface area contributed by atoms with Crippen molar-refractivity contribution < 1.29 is 13.9 Å². The second-order valence-corrected chi connectivity index (χ2v) is 5.33. The van der Waals surface area contributed by atoms with Gasteiger partial charge in [0.05, 0.1) is 19.3 Å². The SMILES string of the molecule is COc1ccccc1N1CCN(CC[n+]2cc(=N)o[n-]2)CC1. The molecule has 0 atom stereocenters. The summed E-state index contributed by atoms with van der Waals surface area (Å²) in [5.41, 5.74) is 1.26. The number of anilines is 1. The van der Waals surface area contributed by atoms with Crippen molar-refractivity contribution in [3.63, 3.8) is 0 Å². The Balaban J connectivity index is 1.53. The Morgan fingerprint density at radius 2 is 2.05 bits per heavy atom. The Morgan fingerprint density at radius 1 is 1.27 bits per heavy atom. The highest BCUT2D eigenvalue weighted by atomic mass is 16.5. The Hall–Kier alpha value is -2.28. The zero-order valence-corrected chi connectivity index (χ0v) is 12.7. The number of para-hydroxylation sites is 2. The number of aromatic nitrogens is 2. The summed E-state index contributed by atoms with van der Waals surface area (Å²) >= 11 is 0. The molecule has 1 N–H and O–H groups in total. The van der Waals surface area contributed by atoms with Crippen LogP contribution in [0.5, 0.6) is 5.75 Å². The lowest BCUT2D eigenvalue weighted by Gasteiger charge is -2.36. The first-order valence-corrected chi connectivity index (χ1v) is 7.44. The molecule has 2 heterocycles. The predicted molar refractivity (Wildman–Crippen MR) is 79.7 cm³/mol. The van der Waals surface area contributed by atoms with E-state index in [1.54, 1.807) is 18.0 Å². The van der Waals surface area contributed by atoms with Gasteiger partial charge in [-0.15, -0.1) is 0 Å². The van der Waals surface area contributed by atoms with E-state index in [2.05, 4.69) is 21.1 Å². The molecule has 0 saturated carbocycles. The summed E-state index contributed by atoms with van der Waals surface area (Å²) in [6.07, 6.45) is 1.60. The third-order valence-electron chi connectivity index (χ3n) is 3.95. The fraction of sp³-hybridized carbons (Fsp3) is 0.467. The minimum Gasteiger partial charge on any atom is -0.495 e. The van der Waals surface area contributed by atoms with Gasteiger partial charge in [0, 0.05) is 26.2 Å². The van der Waals surface area contributed by atoms with Crippen LogP contribution < -0.4 is 25.1 Å². The van der Waals surface area contributed by atoms with Crippen molar-refractivity contribution in [3.05, 3.63) is 36.0 Å². The molecule has 118 valence electrons. The Bertz CT molecular complexity index is 658. The summed E-state index contributed by atoms with van der Waals surface area (Å²) in [5.74, 6) is 0.928. The van der Waals surface area contributed by atoms with Gasteiger partial charge in [0.25, 0.3) is 5.55 Å². The van der Waals surface area contributed by atoms with Crippen LogP contribution in [-0.4, -0.2) is 44.7 Å². The minimum atomic E-state index is 0.0981. The summed E-state index contributed by atoms with van der Waals surface area (Å²) in [6.45, 7) is 5.63. The number of rotatable bonds is 5. The van der Waals surface area contributed by atoms with Crippen molar-refractivity contribution in [1.82, 2.24) is 10.2 Å². The Labute approximate surface area is 129 Å². The third-order valence-corrected chi connectivity index (χ3v) is 3.95. The van der Waals surface area contributed by atoms with Crippen LogP contribution in [0.3, 0.4) is 0 Å². The first-order valence-electron chi connectivity index (χ1n) is 7.44. The van der Waals surface area contributed by atoms with Crippen LogP contribution in [-0.2, 0) is 6.54 Å². The molecule has 7 nitrogen and oxygen atoms in total. The second kappa shape index (κ2) is 6.65. The highest BCUT2D eigenvalue weighted by molar-refractivity contribution is 5.58. The first-order chi connectivity index (χ1) is 10.8. The molecule has 0 bridgehead atoms. The first kappa shape index (κ1) is 14.6. The van der Waals surface area contributed by atoms with Crippen molar-refractivity contribution >= 4 is 5.69 Å². The van der Waals surface area contributed by atoms with Gasteiger partial charge < -0.3 is 14.2 Å². The predicted octanol–water partition coefficient (Wildman–Crippen LogP) is -0.165. The summed E-state index contributed by atoms with van der Waals surface area (Å²) in [4.78, 5) is 4.76. The number of methoxy groups -OCH3 is 1. The molecule has 22 heavy (non-hydrogen) atoms. The average molecular weight is 303 g/mol. The van der Waals surface area contributed by atoms with E-state index in [0.29, 0.717) is 0 Å². The Kier molecular flexibility index (Phi) is 4.43. The number of hydrogen-bond acceptors (Lipinski definition) is 5. The molecule has 1 saturated heterocycles. The van der Waals surface area contributed by atoms with Crippen molar-refractivity contribution in [2.24, 2.45) is 0 Å². The number of nitrogens with one attached hydrogen (secondary N) is 1. The molecule has 0 unspecified atom stereocenters. The third kappa shape index (κ3) is 3.30. The van der Waals surface area contributed by atoms with Gasteiger partial charge in [-0.1, -0.05) is 12.1 Å². The molecule has 3 rings (SSSR count). The molecular formula is C15H21N5O2. The molecule has 0 aliphatic carbocycles. The maximum Gasteiger partial charge on any atom is 0.264 e. The molecule has 1 aromatic carbocycles. The van der Waals surface area contributed by atoms with Gasteiger partial charge in [-0.3, -0.25) is 15.6 Å². The Morgan fingerprint density at radius 3 is 2.73 bits per heavy atom. The molecule has 1 fully saturated rings. The van der Waals surface area contributed by atoms with E-state index in [-0.39, 0.29) is 5.55 Å². The lowest BCUT2D eigenvalue weighted by molar-refractivity contribution is -0.767. The lowest BCUT2D eigenvalue weighted by Crippen LogP contribution is -2.50. The van der Waals surface area contributed by atoms with Crippen molar-refractivity contribution in [1.29, 1.82) is 5.41 Å². The largest absolute Gasteiger partial charge is 0.495 e. The minimum absolute atomic E-state index is 0.0981. The molecule has 1 aliphatic rings. The molecule has 1 aliphatic heterocycles. The summed E-state index contributed by atoms with van der Waals surface area (Å²) in [7, 11) is 1.71. The van der Waals surface area contributed by atoms with Crippen molar-refractivity contribution in [2.45, 2.75) is 6.54 Å². The van der Waals surface area contributed by atoms with E-state index in [0.717, 1.165) is 50.7 Å². The van der Waals surface area contributed by atoms with Crippen LogP contribution >= 0.6 is 0 Å². The number of benzene rings is 1. The van der Waals surface area contributed by atoms with Gasteiger partial charge in [0.1, 0.15) is 5.75 Å². The molecule has 2 aromatic rings. The molecule has 0 spiro atoms. The number of hydrogen-bond donors (Lipinski definition) is 1. The van der Waals surface area contributed by atoms with Gasteiger partial charge in [0.15, 0.2) is 6.54 Å². The van der Waals surface area contributed by atoms with Gasteiger partial charge in [0.2, 0.25) is 6.20 Å². The van der Waals surface area contributed by atoms with Crippen LogP contribution in [0.15, 0.2) is 35.0 Å². The maximum absolute atomic E-state index is 7.32. The van der Waals surface area contributed by atoms with Gasteiger partial charge >= 0.3 is 0 Å². The van der Waals surface area contributed by atoms with Gasteiger partial charge in [-0.2, -0.15) is 0 Å². The van der Waals surface area contributed by atoms with Crippen LogP contribution in [0.1, 0.15) is 0 Å². The molecule has 0 amide bonds. The topological polar surface area (TPSA) is 70.7 Å². The van der Waals surface area contributed by atoms with E-state index in [1.165, 1.54) is 0 Å². The zero-order chi connectivity index (χ0) is 15.4. The van der Waals surface area contributed by atoms with Crippen LogP contribution in [0, 0.1) is 5.41 Å². The molecule has 1 aromatic heterocycles. The highest BCUT2D eigenvalue weighted by Gasteiger charge is 2.19. The van der Waals surface area contributed by atoms with Crippen LogP contribution in [0.4, 0.5) is 5.69 Å². The van der Waals surface area contributed by atoms with Gasteiger partial charge in [-0.05, 0) is 12.1 Å². The molecule has 0 radical (unpaired) electrons. The quantitative estimate of drug-likeness (QED) is 0.777. The number of ether oxygens (including phenoxy) is 1. The second-order valence-electron chi connectivity index (χ2n) is 5.33. The number of piperazine rings is 1. The summed E-state index contributed by atoms with van der Waals surface area (Å²) in [5, 5.41) is 11.1. The van der Waals surface area contributed by atoms with Crippen LogP contribution in [0.25, 0.3) is 0 Å². The van der Waals surface area contributed by atoms with E-state index in [4.69, 9.17) is 14.7 Å². The normalized spacial score (nSPS) is 16.0. The fourth-order valence-corrected chi connectivity index (χ4v) is 2.73. The lowest BCUT2D eigenvalue weighted by atomic mass is 10.2. The monoisotopic (exact) mass is 303 g/mol. The average Bonchev–Trinajstić information content (AvgIpc) is 2.99. The molecular weight excluding hydrogens is 282 g/mol. The fourth-order valence-electron chi connectivity index (χ4n) is 2.73. The van der Waals surface area contributed by atoms with E-state index < -0.39 is 0 Å². The molecule has 7 heteroatoms. The van der Waals surface area contributed by atoms with E-state index in [9.17, 15) is 0 Å². The highest BCUT2D eigenvalue weighted by Crippen LogP contribution is 2.28. The van der Waals surface area contributed by atoms with Crippen molar-refractivity contribution in [3.8, 4) is 5.75 Å². The number of nitrogens with zero attached hydrogens (tertiary/aromatic N) is 4. The van der Waals surface area contributed by atoms with Gasteiger partial charge in [-0.25, -0.2) is 4.68 Å². The zero-order valence-electron chi connectivity index (χ0n) is 12.7. The summed E-state index contributed by atoms with van der Waals surface area (Å²) < 4.78 is 11.9. The van der Waals surface area contributed by atoms with E-state index in [1.807, 2.05) is 18.2 Å².